The number of imidazole rings is 1. The van der Waals surface area contributed by atoms with Crippen LogP contribution in [0.25, 0.3) is 11.0 Å². The van der Waals surface area contributed by atoms with Gasteiger partial charge in [0.1, 0.15) is 5.82 Å². The maximum atomic E-state index is 12.0. The minimum atomic E-state index is 0.159. The van der Waals surface area contributed by atoms with Crippen LogP contribution >= 0.6 is 11.8 Å². The highest BCUT2D eigenvalue weighted by Crippen LogP contribution is 2.16. The number of para-hydroxylation sites is 2. The molecule has 3 nitrogen and oxygen atoms in total. The number of aromatic amines is 1. The molecule has 4 heteroatoms. The molecule has 0 aliphatic heterocycles. The molecule has 0 unspecified atom stereocenters. The van der Waals surface area contributed by atoms with Crippen molar-refractivity contribution in [2.75, 3.05) is 5.75 Å². The van der Waals surface area contributed by atoms with Gasteiger partial charge in [0.2, 0.25) is 0 Å². The summed E-state index contributed by atoms with van der Waals surface area (Å²) in [6.45, 7) is 0. The van der Waals surface area contributed by atoms with E-state index in [1.807, 2.05) is 54.6 Å². The number of carbonyl (C=O) groups is 1. The highest BCUT2D eigenvalue weighted by atomic mass is 32.2. The zero-order valence-electron chi connectivity index (χ0n) is 10.9. The van der Waals surface area contributed by atoms with Gasteiger partial charge in [-0.2, -0.15) is 0 Å². The number of aromatic nitrogens is 2. The average Bonchev–Trinajstić information content (AvgIpc) is 2.90. The molecule has 0 saturated heterocycles. The molecule has 0 atom stereocenters. The topological polar surface area (TPSA) is 45.8 Å². The summed E-state index contributed by atoms with van der Waals surface area (Å²) < 4.78 is 0. The Morgan fingerprint density at radius 3 is 2.60 bits per heavy atom. The smallest absolute Gasteiger partial charge is 0.172 e. The monoisotopic (exact) mass is 282 g/mol. The Morgan fingerprint density at radius 1 is 1.05 bits per heavy atom. The van der Waals surface area contributed by atoms with Crippen LogP contribution in [0.4, 0.5) is 0 Å². The molecule has 0 aliphatic carbocycles. The molecule has 0 amide bonds. The van der Waals surface area contributed by atoms with Crippen LogP contribution < -0.4 is 0 Å². The Bertz CT molecular complexity index is 688. The molecular weight excluding hydrogens is 268 g/mol. The van der Waals surface area contributed by atoms with Gasteiger partial charge in [-0.3, -0.25) is 4.79 Å². The van der Waals surface area contributed by atoms with Gasteiger partial charge in [0, 0.05) is 5.56 Å². The van der Waals surface area contributed by atoms with E-state index in [2.05, 4.69) is 9.97 Å². The van der Waals surface area contributed by atoms with E-state index in [9.17, 15) is 4.79 Å². The van der Waals surface area contributed by atoms with Gasteiger partial charge in [0.15, 0.2) is 5.78 Å². The minimum absolute atomic E-state index is 0.159. The SMILES string of the molecule is O=C(CSCc1nc2ccccc2[nH]1)c1ccccc1. The first kappa shape index (κ1) is 12.9. The molecule has 0 spiro atoms. The second-order valence-electron chi connectivity index (χ2n) is 4.48. The molecule has 3 rings (SSSR count). The van der Waals surface area contributed by atoms with Gasteiger partial charge in [-0.05, 0) is 12.1 Å². The lowest BCUT2D eigenvalue weighted by Crippen LogP contribution is -2.02. The van der Waals surface area contributed by atoms with Crippen molar-refractivity contribution in [2.24, 2.45) is 0 Å². The number of nitrogens with zero attached hydrogens (tertiary/aromatic N) is 1. The fourth-order valence-electron chi connectivity index (χ4n) is 2.02. The first-order chi connectivity index (χ1) is 9.83. The molecule has 1 aromatic heterocycles. The minimum Gasteiger partial charge on any atom is -0.341 e. The predicted octanol–water partition coefficient (Wildman–Crippen LogP) is 3.68. The van der Waals surface area contributed by atoms with Gasteiger partial charge in [0.25, 0.3) is 0 Å². The lowest BCUT2D eigenvalue weighted by molar-refractivity contribution is 0.102. The van der Waals surface area contributed by atoms with Crippen molar-refractivity contribution in [3.8, 4) is 0 Å². The number of H-pyrrole nitrogens is 1. The fraction of sp³-hybridized carbons (Fsp3) is 0.125. The molecule has 1 heterocycles. The Morgan fingerprint density at radius 2 is 1.80 bits per heavy atom. The van der Waals surface area contributed by atoms with Crippen molar-refractivity contribution < 1.29 is 4.79 Å². The number of ketones is 1. The van der Waals surface area contributed by atoms with E-state index in [4.69, 9.17) is 0 Å². The van der Waals surface area contributed by atoms with E-state index in [1.54, 1.807) is 11.8 Å². The largest absolute Gasteiger partial charge is 0.341 e. The fourth-order valence-corrected chi connectivity index (χ4v) is 2.81. The Hall–Kier alpha value is -2.07. The van der Waals surface area contributed by atoms with Crippen LogP contribution in [0.5, 0.6) is 0 Å². The number of Topliss-reactive ketones (excluding diaryl/α,β-unsaturated/α-hetero) is 1. The average molecular weight is 282 g/mol. The van der Waals surface area contributed by atoms with Crippen LogP contribution in [-0.2, 0) is 5.75 Å². The number of hydrogen-bond donors (Lipinski definition) is 1. The molecule has 0 saturated carbocycles. The quantitative estimate of drug-likeness (QED) is 0.726. The second kappa shape index (κ2) is 5.92. The summed E-state index contributed by atoms with van der Waals surface area (Å²) in [5.74, 6) is 2.26. The molecular formula is C16H14N2OS. The van der Waals surface area contributed by atoms with Gasteiger partial charge >= 0.3 is 0 Å². The van der Waals surface area contributed by atoms with Crippen LogP contribution in [-0.4, -0.2) is 21.5 Å². The van der Waals surface area contributed by atoms with Gasteiger partial charge in [-0.15, -0.1) is 11.8 Å². The first-order valence-corrected chi connectivity index (χ1v) is 7.58. The van der Waals surface area contributed by atoms with Crippen molar-refractivity contribution in [1.82, 2.24) is 9.97 Å². The van der Waals surface area contributed by atoms with Crippen LogP contribution in [0.2, 0.25) is 0 Å². The molecule has 2 aromatic carbocycles. The Balaban J connectivity index is 1.58. The van der Waals surface area contributed by atoms with Crippen LogP contribution in [0.3, 0.4) is 0 Å². The van der Waals surface area contributed by atoms with Crippen LogP contribution in [0.1, 0.15) is 16.2 Å². The van der Waals surface area contributed by atoms with Crippen LogP contribution in [0, 0.1) is 0 Å². The summed E-state index contributed by atoms with van der Waals surface area (Å²) in [6.07, 6.45) is 0. The molecule has 0 aliphatic rings. The van der Waals surface area contributed by atoms with Crippen LogP contribution in [0.15, 0.2) is 54.6 Å². The number of thioether (sulfide) groups is 1. The summed E-state index contributed by atoms with van der Waals surface area (Å²) in [4.78, 5) is 19.7. The van der Waals surface area contributed by atoms with Gasteiger partial charge in [-0.25, -0.2) is 4.98 Å². The van der Waals surface area contributed by atoms with Gasteiger partial charge in [0.05, 0.1) is 22.5 Å². The van der Waals surface area contributed by atoms with E-state index < -0.39 is 0 Å². The number of nitrogens with one attached hydrogen (secondary N) is 1. The number of carbonyl (C=O) groups excluding carboxylic acids is 1. The Kier molecular flexibility index (Phi) is 3.83. The summed E-state index contributed by atoms with van der Waals surface area (Å²) in [7, 11) is 0. The van der Waals surface area contributed by atoms with E-state index in [0.29, 0.717) is 11.5 Å². The molecule has 20 heavy (non-hydrogen) atoms. The maximum absolute atomic E-state index is 12.0. The zero-order chi connectivity index (χ0) is 13.8. The van der Waals surface area contributed by atoms with Crippen molar-refractivity contribution in [2.45, 2.75) is 5.75 Å². The molecule has 0 bridgehead atoms. The molecule has 3 aromatic rings. The standard InChI is InChI=1S/C16H14N2OS/c19-15(12-6-2-1-3-7-12)10-20-11-16-17-13-8-4-5-9-14(13)18-16/h1-9H,10-11H2,(H,17,18). The van der Waals surface area contributed by atoms with E-state index in [0.717, 1.165) is 22.4 Å². The van der Waals surface area contributed by atoms with Crippen molar-refractivity contribution in [1.29, 1.82) is 0 Å². The first-order valence-electron chi connectivity index (χ1n) is 6.42. The zero-order valence-corrected chi connectivity index (χ0v) is 11.7. The maximum Gasteiger partial charge on any atom is 0.172 e. The normalized spacial score (nSPS) is 10.8. The summed E-state index contributed by atoms with van der Waals surface area (Å²) in [5.41, 5.74) is 2.78. The number of benzene rings is 2. The van der Waals surface area contributed by atoms with Crippen molar-refractivity contribution in [3.63, 3.8) is 0 Å². The second-order valence-corrected chi connectivity index (χ2v) is 5.47. The summed E-state index contributed by atoms with van der Waals surface area (Å²) in [5, 5.41) is 0. The molecule has 1 N–H and O–H groups in total. The third kappa shape index (κ3) is 2.91. The lowest BCUT2D eigenvalue weighted by Gasteiger charge is -1.99. The third-order valence-electron chi connectivity index (χ3n) is 3.01. The molecule has 0 radical (unpaired) electrons. The number of fused-ring (bicyclic) bond motifs is 1. The van der Waals surface area contributed by atoms with Gasteiger partial charge in [-0.1, -0.05) is 42.5 Å². The molecule has 100 valence electrons. The number of hydrogen-bond acceptors (Lipinski definition) is 3. The van der Waals surface area contributed by atoms with Gasteiger partial charge < -0.3 is 4.98 Å². The number of rotatable bonds is 5. The highest BCUT2D eigenvalue weighted by molar-refractivity contribution is 7.99. The molecule has 0 fully saturated rings. The predicted molar refractivity (Wildman–Crippen MR) is 83.0 cm³/mol. The third-order valence-corrected chi connectivity index (χ3v) is 3.95. The van der Waals surface area contributed by atoms with E-state index in [1.165, 1.54) is 0 Å². The van der Waals surface area contributed by atoms with E-state index >= 15 is 0 Å². The summed E-state index contributed by atoms with van der Waals surface area (Å²) in [6, 6.07) is 17.3. The Labute approximate surface area is 121 Å². The summed E-state index contributed by atoms with van der Waals surface area (Å²) >= 11 is 1.58. The van der Waals surface area contributed by atoms with Crippen molar-refractivity contribution >= 4 is 28.6 Å². The van der Waals surface area contributed by atoms with Crippen molar-refractivity contribution in [3.05, 3.63) is 66.0 Å². The van der Waals surface area contributed by atoms with E-state index in [-0.39, 0.29) is 5.78 Å². The highest BCUT2D eigenvalue weighted by Gasteiger charge is 2.07. The lowest BCUT2D eigenvalue weighted by atomic mass is 10.2.